The Kier molecular flexibility index (Phi) is 8.68. The van der Waals surface area contributed by atoms with Crippen molar-refractivity contribution in [1.82, 2.24) is 10.3 Å². The van der Waals surface area contributed by atoms with Crippen LogP contribution in [0.3, 0.4) is 0 Å². The van der Waals surface area contributed by atoms with Crippen molar-refractivity contribution in [3.8, 4) is 0 Å². The molecule has 33 heavy (non-hydrogen) atoms. The Morgan fingerprint density at radius 1 is 1.21 bits per heavy atom. The Morgan fingerprint density at radius 3 is 2.45 bits per heavy atom. The second-order valence-electron chi connectivity index (χ2n) is 9.51. The lowest BCUT2D eigenvalue weighted by atomic mass is 9.79. The standard InChI is InChI=1S/C26H35BrClN3O2/c1-6-31(20-9-7-18(8-10-20)15(2)3)23-13-19(27)12-21(24(23)28)25(32)29-14-22-16(4)11-17(5)30-26(22)33/h11-13,15,18,20H,6-10,14H2,1-5H3,(H,29,32)(H,30,33)/t18-,20-. The van der Waals surface area contributed by atoms with Crippen LogP contribution in [-0.2, 0) is 6.54 Å². The maximum Gasteiger partial charge on any atom is 0.253 e. The number of benzene rings is 1. The zero-order valence-electron chi connectivity index (χ0n) is 20.2. The Labute approximate surface area is 210 Å². The van der Waals surface area contributed by atoms with Crippen LogP contribution in [0.4, 0.5) is 5.69 Å². The van der Waals surface area contributed by atoms with Crippen molar-refractivity contribution in [2.24, 2.45) is 11.8 Å². The first-order valence-electron chi connectivity index (χ1n) is 11.9. The molecule has 0 radical (unpaired) electrons. The molecular weight excluding hydrogens is 502 g/mol. The normalized spacial score (nSPS) is 18.4. The fourth-order valence-corrected chi connectivity index (χ4v) is 5.77. The molecule has 0 bridgehead atoms. The van der Waals surface area contributed by atoms with Gasteiger partial charge in [-0.1, -0.05) is 41.4 Å². The number of nitrogens with one attached hydrogen (secondary N) is 2. The summed E-state index contributed by atoms with van der Waals surface area (Å²) in [6.45, 7) is 11.4. The molecular formula is C26H35BrClN3O2. The summed E-state index contributed by atoms with van der Waals surface area (Å²) in [6.07, 6.45) is 4.72. The van der Waals surface area contributed by atoms with Crippen molar-refractivity contribution in [2.45, 2.75) is 72.9 Å². The van der Waals surface area contributed by atoms with Gasteiger partial charge in [-0.2, -0.15) is 0 Å². The second-order valence-corrected chi connectivity index (χ2v) is 10.8. The van der Waals surface area contributed by atoms with Crippen molar-refractivity contribution >= 4 is 39.1 Å². The summed E-state index contributed by atoms with van der Waals surface area (Å²) < 4.78 is 0.811. The molecule has 1 heterocycles. The first-order valence-corrected chi connectivity index (χ1v) is 13.0. The highest BCUT2D eigenvalue weighted by atomic mass is 79.9. The molecule has 1 fully saturated rings. The number of amides is 1. The average Bonchev–Trinajstić information content (AvgIpc) is 2.75. The van der Waals surface area contributed by atoms with Gasteiger partial charge in [0, 0.05) is 34.9 Å². The number of anilines is 1. The summed E-state index contributed by atoms with van der Waals surface area (Å²) in [5, 5.41) is 3.34. The van der Waals surface area contributed by atoms with Crippen molar-refractivity contribution in [3.05, 3.63) is 60.4 Å². The van der Waals surface area contributed by atoms with E-state index in [0.717, 1.165) is 52.6 Å². The summed E-state index contributed by atoms with van der Waals surface area (Å²) in [5.41, 5.74) is 3.33. The third-order valence-electron chi connectivity index (χ3n) is 6.96. The van der Waals surface area contributed by atoms with Gasteiger partial charge in [0.25, 0.3) is 11.5 Å². The number of nitrogens with zero attached hydrogens (tertiary/aromatic N) is 1. The zero-order chi connectivity index (χ0) is 24.3. The van der Waals surface area contributed by atoms with E-state index < -0.39 is 0 Å². The quantitative estimate of drug-likeness (QED) is 0.432. The molecule has 1 amide bonds. The first kappa shape index (κ1) is 25.8. The van der Waals surface area contributed by atoms with E-state index in [0.29, 0.717) is 22.2 Å². The summed E-state index contributed by atoms with van der Waals surface area (Å²) in [7, 11) is 0. The molecule has 0 spiro atoms. The largest absolute Gasteiger partial charge is 0.368 e. The minimum atomic E-state index is -0.290. The van der Waals surface area contributed by atoms with Crippen LogP contribution in [0.5, 0.6) is 0 Å². The maximum absolute atomic E-state index is 13.1. The third kappa shape index (κ3) is 6.02. The average molecular weight is 537 g/mol. The molecule has 0 saturated heterocycles. The van der Waals surface area contributed by atoms with Crippen LogP contribution in [0.2, 0.25) is 5.02 Å². The van der Waals surface area contributed by atoms with E-state index in [2.05, 4.69) is 51.9 Å². The lowest BCUT2D eigenvalue weighted by Crippen LogP contribution is -2.39. The van der Waals surface area contributed by atoms with Gasteiger partial charge in [-0.25, -0.2) is 0 Å². The van der Waals surface area contributed by atoms with Crippen LogP contribution in [0, 0.1) is 25.7 Å². The van der Waals surface area contributed by atoms with Crippen LogP contribution < -0.4 is 15.8 Å². The molecule has 3 rings (SSSR count). The number of hydrogen-bond acceptors (Lipinski definition) is 3. The van der Waals surface area contributed by atoms with Gasteiger partial charge in [0.05, 0.1) is 16.3 Å². The van der Waals surface area contributed by atoms with E-state index in [-0.39, 0.29) is 18.0 Å². The van der Waals surface area contributed by atoms with Gasteiger partial charge in [0.1, 0.15) is 0 Å². The predicted octanol–water partition coefficient (Wildman–Crippen LogP) is 6.38. The number of H-pyrrole nitrogens is 1. The van der Waals surface area contributed by atoms with E-state index in [4.69, 9.17) is 11.6 Å². The SMILES string of the molecule is CCN(c1cc(Br)cc(C(=O)NCc2c(C)cc(C)[nH]c2=O)c1Cl)[C@H]1CC[C@H](C(C)C)CC1. The predicted molar refractivity (Wildman–Crippen MR) is 140 cm³/mol. The van der Waals surface area contributed by atoms with Crippen molar-refractivity contribution in [2.75, 3.05) is 11.4 Å². The molecule has 0 atom stereocenters. The smallest absolute Gasteiger partial charge is 0.253 e. The number of aromatic nitrogens is 1. The summed E-state index contributed by atoms with van der Waals surface area (Å²) in [6, 6.07) is 6.07. The molecule has 7 heteroatoms. The fourth-order valence-electron chi connectivity index (χ4n) is 5.02. The molecule has 0 aliphatic heterocycles. The number of halogens is 2. The minimum Gasteiger partial charge on any atom is -0.368 e. The molecule has 1 saturated carbocycles. The summed E-state index contributed by atoms with van der Waals surface area (Å²) in [4.78, 5) is 30.5. The molecule has 1 aromatic carbocycles. The molecule has 2 N–H and O–H groups in total. The molecule has 0 unspecified atom stereocenters. The highest BCUT2D eigenvalue weighted by Gasteiger charge is 2.29. The first-order chi connectivity index (χ1) is 15.6. The van der Waals surface area contributed by atoms with Crippen LogP contribution in [0.15, 0.2) is 27.5 Å². The molecule has 1 aromatic heterocycles. The summed E-state index contributed by atoms with van der Waals surface area (Å²) in [5.74, 6) is 1.21. The fraction of sp³-hybridized carbons (Fsp3) is 0.538. The van der Waals surface area contributed by atoms with Crippen LogP contribution in [0.1, 0.15) is 73.6 Å². The van der Waals surface area contributed by atoms with Gasteiger partial charge >= 0.3 is 0 Å². The molecule has 1 aliphatic carbocycles. The van der Waals surface area contributed by atoms with Gasteiger partial charge in [0.2, 0.25) is 0 Å². The van der Waals surface area contributed by atoms with E-state index in [1.54, 1.807) is 6.07 Å². The third-order valence-corrected chi connectivity index (χ3v) is 7.81. The van der Waals surface area contributed by atoms with Crippen LogP contribution >= 0.6 is 27.5 Å². The van der Waals surface area contributed by atoms with Gasteiger partial charge in [0.15, 0.2) is 0 Å². The van der Waals surface area contributed by atoms with E-state index in [1.165, 1.54) is 12.8 Å². The van der Waals surface area contributed by atoms with E-state index in [1.807, 2.05) is 26.0 Å². The van der Waals surface area contributed by atoms with Crippen molar-refractivity contribution in [1.29, 1.82) is 0 Å². The minimum absolute atomic E-state index is 0.148. The topological polar surface area (TPSA) is 65.2 Å². The Morgan fingerprint density at radius 2 is 1.88 bits per heavy atom. The number of carbonyl (C=O) groups is 1. The lowest BCUT2D eigenvalue weighted by molar-refractivity contribution is 0.0951. The molecule has 180 valence electrons. The van der Waals surface area contributed by atoms with Crippen LogP contribution in [0.25, 0.3) is 0 Å². The zero-order valence-corrected chi connectivity index (χ0v) is 22.6. The number of rotatable bonds is 7. The maximum atomic E-state index is 13.1. The number of carbonyl (C=O) groups excluding carboxylic acids is 1. The Bertz CT molecular complexity index is 1060. The molecule has 5 nitrogen and oxygen atoms in total. The Balaban J connectivity index is 1.81. The van der Waals surface area contributed by atoms with Crippen molar-refractivity contribution in [3.63, 3.8) is 0 Å². The van der Waals surface area contributed by atoms with Crippen LogP contribution in [-0.4, -0.2) is 23.5 Å². The van der Waals surface area contributed by atoms with Gasteiger partial charge in [-0.05, 0) is 82.1 Å². The monoisotopic (exact) mass is 535 g/mol. The van der Waals surface area contributed by atoms with Gasteiger partial charge < -0.3 is 15.2 Å². The lowest BCUT2D eigenvalue weighted by Gasteiger charge is -2.39. The van der Waals surface area contributed by atoms with Crippen molar-refractivity contribution < 1.29 is 4.79 Å². The highest BCUT2D eigenvalue weighted by molar-refractivity contribution is 9.10. The Hall–Kier alpha value is -1.79. The number of aromatic amines is 1. The number of pyridine rings is 1. The molecule has 2 aromatic rings. The number of aryl methyl sites for hydroxylation is 2. The highest BCUT2D eigenvalue weighted by Crippen LogP contribution is 2.39. The van der Waals surface area contributed by atoms with Gasteiger partial charge in [-0.3, -0.25) is 9.59 Å². The summed E-state index contributed by atoms with van der Waals surface area (Å²) >= 11 is 10.4. The van der Waals surface area contributed by atoms with E-state index >= 15 is 0 Å². The van der Waals surface area contributed by atoms with Gasteiger partial charge in [-0.15, -0.1) is 0 Å². The second kappa shape index (κ2) is 11.1. The number of hydrogen-bond donors (Lipinski definition) is 2. The van der Waals surface area contributed by atoms with E-state index in [9.17, 15) is 9.59 Å². The molecule has 1 aliphatic rings.